The van der Waals surface area contributed by atoms with Gasteiger partial charge in [-0.2, -0.15) is 0 Å². The summed E-state index contributed by atoms with van der Waals surface area (Å²) in [6.45, 7) is 3.50. The van der Waals surface area contributed by atoms with Crippen molar-refractivity contribution in [1.82, 2.24) is 0 Å². The van der Waals surface area contributed by atoms with Gasteiger partial charge in [0.1, 0.15) is 6.17 Å². The zero-order chi connectivity index (χ0) is 9.84. The van der Waals surface area contributed by atoms with Gasteiger partial charge in [-0.15, -0.1) is 0 Å². The van der Waals surface area contributed by atoms with Gasteiger partial charge in [0.05, 0.1) is 0 Å². The van der Waals surface area contributed by atoms with Crippen LogP contribution in [0.15, 0.2) is 24.3 Å². The van der Waals surface area contributed by atoms with Crippen LogP contribution >= 0.6 is 0 Å². The lowest BCUT2D eigenvalue weighted by Crippen LogP contribution is -2.06. The maximum atomic E-state index is 12.7. The first-order valence-corrected chi connectivity index (χ1v) is 4.58. The molecule has 72 valence electrons. The summed E-state index contributed by atoms with van der Waals surface area (Å²) in [7, 11) is 0. The number of hydrogen-bond donors (Lipinski definition) is 1. The summed E-state index contributed by atoms with van der Waals surface area (Å²) in [5.74, 6) is 0. The first-order valence-electron chi connectivity index (χ1n) is 4.58. The minimum Gasteiger partial charge on any atom is -0.324 e. The van der Waals surface area contributed by atoms with Gasteiger partial charge in [-0.1, -0.05) is 24.3 Å². The van der Waals surface area contributed by atoms with Crippen LogP contribution in [0.25, 0.3) is 0 Å². The first kappa shape index (κ1) is 10.2. The van der Waals surface area contributed by atoms with Gasteiger partial charge in [-0.3, -0.25) is 0 Å². The van der Waals surface area contributed by atoms with E-state index in [2.05, 4.69) is 0 Å². The molecule has 2 N–H and O–H groups in total. The van der Waals surface area contributed by atoms with E-state index in [1.54, 1.807) is 6.92 Å². The van der Waals surface area contributed by atoms with Gasteiger partial charge in [0.25, 0.3) is 0 Å². The fourth-order valence-corrected chi connectivity index (χ4v) is 1.33. The van der Waals surface area contributed by atoms with Gasteiger partial charge >= 0.3 is 0 Å². The van der Waals surface area contributed by atoms with Gasteiger partial charge in [0, 0.05) is 12.5 Å². The zero-order valence-corrected chi connectivity index (χ0v) is 8.13. The first-order chi connectivity index (χ1) is 6.09. The molecule has 0 saturated carbocycles. The van der Waals surface area contributed by atoms with Crippen LogP contribution in [-0.2, 0) is 6.42 Å². The van der Waals surface area contributed by atoms with E-state index in [4.69, 9.17) is 5.73 Å². The smallest absolute Gasteiger partial charge is 0.101 e. The van der Waals surface area contributed by atoms with Gasteiger partial charge in [0.2, 0.25) is 0 Å². The SMILES string of the molecule is CC(F)Cc1cccc(C(C)N)c1. The Balaban J connectivity index is 2.79. The average Bonchev–Trinajstić information content (AvgIpc) is 2.03. The molecule has 0 heterocycles. The van der Waals surface area contributed by atoms with Crippen LogP contribution in [0.1, 0.15) is 31.0 Å². The molecule has 2 atom stereocenters. The van der Waals surface area contributed by atoms with E-state index in [1.165, 1.54) is 0 Å². The Morgan fingerprint density at radius 3 is 2.62 bits per heavy atom. The number of rotatable bonds is 3. The third-order valence-electron chi connectivity index (χ3n) is 1.99. The number of benzene rings is 1. The second kappa shape index (κ2) is 4.38. The minimum absolute atomic E-state index is 0.0230. The van der Waals surface area contributed by atoms with Gasteiger partial charge in [-0.25, -0.2) is 4.39 Å². The normalized spacial score (nSPS) is 15.4. The molecule has 2 heteroatoms. The third-order valence-corrected chi connectivity index (χ3v) is 1.99. The Hall–Kier alpha value is -0.890. The summed E-state index contributed by atoms with van der Waals surface area (Å²) in [4.78, 5) is 0. The quantitative estimate of drug-likeness (QED) is 0.762. The summed E-state index contributed by atoms with van der Waals surface area (Å²) in [5, 5.41) is 0. The van der Waals surface area contributed by atoms with Crippen molar-refractivity contribution in [3.63, 3.8) is 0 Å². The molecule has 0 saturated heterocycles. The van der Waals surface area contributed by atoms with Crippen LogP contribution in [0.5, 0.6) is 0 Å². The largest absolute Gasteiger partial charge is 0.324 e. The van der Waals surface area contributed by atoms with Crippen molar-refractivity contribution in [3.8, 4) is 0 Å². The molecule has 0 spiro atoms. The molecule has 1 aromatic rings. The third kappa shape index (κ3) is 3.15. The molecule has 0 radical (unpaired) electrons. The van der Waals surface area contributed by atoms with Crippen LogP contribution in [0, 0.1) is 0 Å². The van der Waals surface area contributed by atoms with Crippen molar-refractivity contribution in [3.05, 3.63) is 35.4 Å². The fourth-order valence-electron chi connectivity index (χ4n) is 1.33. The van der Waals surface area contributed by atoms with E-state index < -0.39 is 6.17 Å². The predicted molar refractivity (Wildman–Crippen MR) is 53.3 cm³/mol. The van der Waals surface area contributed by atoms with E-state index in [9.17, 15) is 4.39 Å². The van der Waals surface area contributed by atoms with E-state index >= 15 is 0 Å². The second-order valence-corrected chi connectivity index (χ2v) is 3.52. The highest BCUT2D eigenvalue weighted by atomic mass is 19.1. The molecule has 0 aromatic heterocycles. The van der Waals surface area contributed by atoms with E-state index in [0.717, 1.165) is 11.1 Å². The lowest BCUT2D eigenvalue weighted by molar-refractivity contribution is 0.360. The molecule has 1 rings (SSSR count). The maximum absolute atomic E-state index is 12.7. The van der Waals surface area contributed by atoms with Gasteiger partial charge in [-0.05, 0) is 25.0 Å². The van der Waals surface area contributed by atoms with E-state index in [1.807, 2.05) is 31.2 Å². The topological polar surface area (TPSA) is 26.0 Å². The Labute approximate surface area is 78.8 Å². The highest BCUT2D eigenvalue weighted by Gasteiger charge is 2.03. The average molecular weight is 181 g/mol. The van der Waals surface area contributed by atoms with Crippen LogP contribution in [-0.4, -0.2) is 6.17 Å². The summed E-state index contributed by atoms with van der Waals surface area (Å²) in [5.41, 5.74) is 7.81. The summed E-state index contributed by atoms with van der Waals surface area (Å²) in [6.07, 6.45) is -0.316. The highest BCUT2D eigenvalue weighted by molar-refractivity contribution is 5.25. The molecule has 0 aliphatic rings. The van der Waals surface area contributed by atoms with Crippen LogP contribution in [0.2, 0.25) is 0 Å². The number of nitrogens with two attached hydrogens (primary N) is 1. The van der Waals surface area contributed by atoms with Crippen LogP contribution in [0.3, 0.4) is 0 Å². The van der Waals surface area contributed by atoms with Crippen LogP contribution in [0.4, 0.5) is 4.39 Å². The molecule has 0 aliphatic carbocycles. The van der Waals surface area contributed by atoms with E-state index in [-0.39, 0.29) is 6.04 Å². The van der Waals surface area contributed by atoms with Gasteiger partial charge < -0.3 is 5.73 Å². The van der Waals surface area contributed by atoms with Crippen molar-refractivity contribution in [2.45, 2.75) is 32.5 Å². The van der Waals surface area contributed by atoms with E-state index in [0.29, 0.717) is 6.42 Å². The van der Waals surface area contributed by atoms with Crippen molar-refractivity contribution in [1.29, 1.82) is 0 Å². The molecule has 1 nitrogen and oxygen atoms in total. The van der Waals surface area contributed by atoms with Gasteiger partial charge in [0.15, 0.2) is 0 Å². The molecule has 2 unspecified atom stereocenters. The molecule has 0 amide bonds. The molecule has 13 heavy (non-hydrogen) atoms. The Bertz CT molecular complexity index is 269. The summed E-state index contributed by atoms with van der Waals surface area (Å²) < 4.78 is 12.7. The Morgan fingerprint density at radius 1 is 1.38 bits per heavy atom. The van der Waals surface area contributed by atoms with Crippen molar-refractivity contribution < 1.29 is 4.39 Å². The number of alkyl halides is 1. The monoisotopic (exact) mass is 181 g/mol. The Kier molecular flexibility index (Phi) is 3.43. The standard InChI is InChI=1S/C11H16FN/c1-8(12)6-10-4-3-5-11(7-10)9(2)13/h3-5,7-9H,6,13H2,1-2H3. The molecule has 0 fully saturated rings. The van der Waals surface area contributed by atoms with Crippen molar-refractivity contribution in [2.24, 2.45) is 5.73 Å². The summed E-state index contributed by atoms with van der Waals surface area (Å²) >= 11 is 0. The van der Waals surface area contributed by atoms with Crippen molar-refractivity contribution >= 4 is 0 Å². The molecule has 0 aliphatic heterocycles. The molecule has 0 bridgehead atoms. The molecular weight excluding hydrogens is 165 g/mol. The highest BCUT2D eigenvalue weighted by Crippen LogP contribution is 2.13. The lowest BCUT2D eigenvalue weighted by atomic mass is 10.0. The summed E-state index contributed by atoms with van der Waals surface area (Å²) in [6, 6.07) is 7.82. The number of hydrogen-bond acceptors (Lipinski definition) is 1. The zero-order valence-electron chi connectivity index (χ0n) is 8.13. The minimum atomic E-state index is -0.789. The fraction of sp³-hybridized carbons (Fsp3) is 0.455. The Morgan fingerprint density at radius 2 is 2.08 bits per heavy atom. The number of halogens is 1. The second-order valence-electron chi connectivity index (χ2n) is 3.52. The predicted octanol–water partition coefficient (Wildman–Crippen LogP) is 2.61. The maximum Gasteiger partial charge on any atom is 0.101 e. The van der Waals surface area contributed by atoms with Crippen molar-refractivity contribution in [2.75, 3.05) is 0 Å². The van der Waals surface area contributed by atoms with Crippen LogP contribution < -0.4 is 5.73 Å². The molecular formula is C11H16FN. The lowest BCUT2D eigenvalue weighted by Gasteiger charge is -2.08. The molecule has 1 aromatic carbocycles.